The van der Waals surface area contributed by atoms with Crippen LogP contribution in [0, 0.1) is 0 Å². The summed E-state index contributed by atoms with van der Waals surface area (Å²) in [6.45, 7) is -0.234. The average molecular weight is 181 g/mol. The van der Waals surface area contributed by atoms with Gasteiger partial charge in [0, 0.05) is 27.3 Å². The molecule has 1 saturated heterocycles. The highest BCUT2D eigenvalue weighted by atomic mass is 19.3. The first kappa shape index (κ1) is 9.83. The molecule has 1 aliphatic rings. The zero-order valence-corrected chi connectivity index (χ0v) is 7.19. The average Bonchev–Trinajstić information content (AvgIpc) is 1.84. The van der Waals surface area contributed by atoms with Crippen LogP contribution in [0.2, 0.25) is 0 Å². The summed E-state index contributed by atoms with van der Waals surface area (Å²) in [5.41, 5.74) is -1.36. The lowest BCUT2D eigenvalue weighted by atomic mass is 9.89. The lowest BCUT2D eigenvalue weighted by molar-refractivity contribution is -0.235. The molecule has 1 N–H and O–H groups in total. The van der Waals surface area contributed by atoms with Gasteiger partial charge in [-0.05, 0) is 0 Å². The van der Waals surface area contributed by atoms with E-state index in [0.29, 0.717) is 0 Å². The molecule has 0 bridgehead atoms. The molecule has 0 aromatic heterocycles. The second-order valence-electron chi connectivity index (χ2n) is 2.94. The van der Waals surface area contributed by atoms with E-state index in [-0.39, 0.29) is 13.1 Å². The molecule has 5 heteroatoms. The molecule has 0 unspecified atom stereocenters. The molecule has 12 heavy (non-hydrogen) atoms. The zero-order chi connectivity index (χ0) is 9.24. The van der Waals surface area contributed by atoms with Gasteiger partial charge in [-0.3, -0.25) is 0 Å². The van der Waals surface area contributed by atoms with Gasteiger partial charge >= 0.3 is 5.92 Å². The minimum atomic E-state index is -2.91. The molecule has 0 aromatic rings. The first-order chi connectivity index (χ1) is 5.58. The summed E-state index contributed by atoms with van der Waals surface area (Å²) < 4.78 is 35.7. The van der Waals surface area contributed by atoms with Gasteiger partial charge in [-0.1, -0.05) is 0 Å². The first-order valence-corrected chi connectivity index (χ1v) is 3.71. The predicted octanol–water partition coefficient (Wildman–Crippen LogP) is 0.257. The first-order valence-electron chi connectivity index (χ1n) is 3.71. The fourth-order valence-electron chi connectivity index (χ4n) is 1.22. The van der Waals surface area contributed by atoms with Crippen molar-refractivity contribution >= 4 is 0 Å². The lowest BCUT2D eigenvalue weighted by Crippen LogP contribution is -2.71. The van der Waals surface area contributed by atoms with Crippen molar-refractivity contribution in [3.8, 4) is 0 Å². The fraction of sp³-hybridized carbons (Fsp3) is 1.00. The Balaban J connectivity index is 2.63. The Labute approximate surface area is 70.0 Å². The van der Waals surface area contributed by atoms with Crippen molar-refractivity contribution in [2.75, 3.05) is 33.9 Å². The summed E-state index contributed by atoms with van der Waals surface area (Å²) in [6.07, 6.45) is 0. The molecule has 0 aromatic carbocycles. The van der Waals surface area contributed by atoms with E-state index in [1.54, 1.807) is 0 Å². The van der Waals surface area contributed by atoms with Crippen molar-refractivity contribution in [3.63, 3.8) is 0 Å². The van der Waals surface area contributed by atoms with E-state index in [4.69, 9.17) is 4.74 Å². The lowest BCUT2D eigenvalue weighted by Gasteiger charge is -2.45. The van der Waals surface area contributed by atoms with Gasteiger partial charge in [-0.2, -0.15) is 0 Å². The van der Waals surface area contributed by atoms with Gasteiger partial charge in [-0.25, -0.2) is 8.78 Å². The summed E-state index contributed by atoms with van der Waals surface area (Å²) in [7, 11) is 2.55. The highest BCUT2D eigenvalue weighted by Crippen LogP contribution is 2.34. The maximum atomic E-state index is 13.2. The quantitative estimate of drug-likeness (QED) is 0.674. The topological polar surface area (TPSA) is 30.5 Å². The summed E-state index contributed by atoms with van der Waals surface area (Å²) >= 11 is 0. The Morgan fingerprint density at radius 3 is 2.25 bits per heavy atom. The smallest absolute Gasteiger partial charge is 0.301 e. The van der Waals surface area contributed by atoms with E-state index in [1.165, 1.54) is 14.2 Å². The van der Waals surface area contributed by atoms with Gasteiger partial charge in [-0.15, -0.1) is 0 Å². The van der Waals surface area contributed by atoms with Crippen LogP contribution in [0.1, 0.15) is 0 Å². The Bertz CT molecular complexity index is 154. The number of rotatable bonds is 4. The summed E-state index contributed by atoms with van der Waals surface area (Å²) in [6, 6.07) is 0. The monoisotopic (exact) mass is 181 g/mol. The van der Waals surface area contributed by atoms with Gasteiger partial charge in [0.15, 0.2) is 5.60 Å². The predicted molar refractivity (Wildman–Crippen MR) is 39.4 cm³/mol. The van der Waals surface area contributed by atoms with Crippen molar-refractivity contribution in [2.24, 2.45) is 0 Å². The standard InChI is InChI=1S/C7H13F2NO2/c1-11-5-7(8,9)6(12-2)3-10-4-6/h10H,3-5H2,1-2H3. The maximum absolute atomic E-state index is 13.2. The Kier molecular flexibility index (Phi) is 2.65. The largest absolute Gasteiger partial charge is 0.378 e. The van der Waals surface area contributed by atoms with Gasteiger partial charge in [0.2, 0.25) is 0 Å². The van der Waals surface area contributed by atoms with Crippen LogP contribution in [-0.2, 0) is 9.47 Å². The molecule has 0 spiro atoms. The SMILES string of the molecule is COCC(F)(F)C1(OC)CNC1. The van der Waals surface area contributed by atoms with Crippen LogP contribution in [0.25, 0.3) is 0 Å². The van der Waals surface area contributed by atoms with Crippen LogP contribution >= 0.6 is 0 Å². The van der Waals surface area contributed by atoms with Gasteiger partial charge in [0.1, 0.15) is 6.61 Å². The Morgan fingerprint density at radius 1 is 1.42 bits per heavy atom. The number of halogens is 2. The second kappa shape index (κ2) is 3.24. The van der Waals surface area contributed by atoms with Crippen molar-refractivity contribution in [1.29, 1.82) is 0 Å². The van der Waals surface area contributed by atoms with Gasteiger partial charge < -0.3 is 14.8 Å². The summed E-state index contributed by atoms with van der Waals surface area (Å²) in [5.74, 6) is -2.91. The molecule has 1 rings (SSSR count). The van der Waals surface area contributed by atoms with E-state index < -0.39 is 18.1 Å². The van der Waals surface area contributed by atoms with Crippen LogP contribution < -0.4 is 5.32 Å². The highest BCUT2D eigenvalue weighted by molar-refractivity contribution is 5.05. The van der Waals surface area contributed by atoms with Crippen LogP contribution in [0.4, 0.5) is 8.78 Å². The third-order valence-electron chi connectivity index (χ3n) is 2.20. The molecule has 0 atom stereocenters. The number of methoxy groups -OCH3 is 2. The van der Waals surface area contributed by atoms with E-state index in [9.17, 15) is 8.78 Å². The molecule has 0 saturated carbocycles. The van der Waals surface area contributed by atoms with E-state index in [0.717, 1.165) is 0 Å². The third kappa shape index (κ3) is 1.32. The van der Waals surface area contributed by atoms with Gasteiger partial charge in [0.05, 0.1) is 0 Å². The zero-order valence-electron chi connectivity index (χ0n) is 7.19. The molecule has 0 radical (unpaired) electrons. The molecule has 0 aliphatic carbocycles. The van der Waals surface area contributed by atoms with E-state index in [1.807, 2.05) is 0 Å². The van der Waals surface area contributed by atoms with Crippen molar-refractivity contribution in [3.05, 3.63) is 0 Å². The minimum Gasteiger partial charge on any atom is -0.378 e. The van der Waals surface area contributed by atoms with Crippen LogP contribution in [0.5, 0.6) is 0 Å². The number of hydrogen-bond donors (Lipinski definition) is 1. The number of alkyl halides is 2. The molecular weight excluding hydrogens is 168 g/mol. The second-order valence-corrected chi connectivity index (χ2v) is 2.94. The normalized spacial score (nSPS) is 22.0. The molecule has 1 heterocycles. The molecular formula is C7H13F2NO2. The van der Waals surface area contributed by atoms with Crippen molar-refractivity contribution in [1.82, 2.24) is 5.32 Å². The molecule has 1 aliphatic heterocycles. The Hall–Kier alpha value is -0.260. The van der Waals surface area contributed by atoms with Crippen LogP contribution in [0.15, 0.2) is 0 Å². The third-order valence-corrected chi connectivity index (χ3v) is 2.20. The minimum absolute atomic E-state index is 0.180. The maximum Gasteiger partial charge on any atom is 0.301 e. The Morgan fingerprint density at radius 2 is 2.00 bits per heavy atom. The summed E-state index contributed by atoms with van der Waals surface area (Å²) in [4.78, 5) is 0. The molecule has 1 fully saturated rings. The fourth-order valence-corrected chi connectivity index (χ4v) is 1.22. The van der Waals surface area contributed by atoms with Gasteiger partial charge in [0.25, 0.3) is 0 Å². The number of nitrogens with one attached hydrogen (secondary N) is 1. The van der Waals surface area contributed by atoms with Crippen molar-refractivity contribution in [2.45, 2.75) is 11.5 Å². The van der Waals surface area contributed by atoms with E-state index in [2.05, 4.69) is 10.1 Å². The molecule has 3 nitrogen and oxygen atoms in total. The van der Waals surface area contributed by atoms with Crippen molar-refractivity contribution < 1.29 is 18.3 Å². The van der Waals surface area contributed by atoms with E-state index >= 15 is 0 Å². The number of hydrogen-bond acceptors (Lipinski definition) is 3. The summed E-state index contributed by atoms with van der Waals surface area (Å²) in [5, 5.41) is 2.76. The number of ether oxygens (including phenoxy) is 2. The molecule has 72 valence electrons. The van der Waals surface area contributed by atoms with Crippen LogP contribution in [-0.4, -0.2) is 45.4 Å². The highest BCUT2D eigenvalue weighted by Gasteiger charge is 2.58. The molecule has 0 amide bonds. The van der Waals surface area contributed by atoms with Crippen LogP contribution in [0.3, 0.4) is 0 Å².